The Labute approximate surface area is 126 Å². The number of carbonyl (C=O) groups is 2. The number of anilines is 1. The molecule has 0 saturated heterocycles. The molecule has 2 rings (SSSR count). The topological polar surface area (TPSA) is 46.2 Å². The summed E-state index contributed by atoms with van der Waals surface area (Å²) >= 11 is 5.87. The van der Waals surface area contributed by atoms with Crippen molar-refractivity contribution in [1.29, 1.82) is 0 Å². The number of Topliss-reactive ketones (excluding diaryl/α,β-unsaturated/α-hetero) is 1. The first-order valence-electron chi connectivity index (χ1n) is 6.31. The molecule has 0 heterocycles. The average Bonchev–Trinajstić information content (AvgIpc) is 2.43. The van der Waals surface area contributed by atoms with Gasteiger partial charge < -0.3 is 5.32 Å². The van der Waals surface area contributed by atoms with Crippen molar-refractivity contribution in [2.24, 2.45) is 0 Å². The van der Waals surface area contributed by atoms with Gasteiger partial charge in [-0.15, -0.1) is 0 Å². The van der Waals surface area contributed by atoms with Gasteiger partial charge in [0.15, 0.2) is 5.78 Å². The highest BCUT2D eigenvalue weighted by molar-refractivity contribution is 6.31. The molecule has 108 valence electrons. The molecule has 1 amide bonds. The van der Waals surface area contributed by atoms with Gasteiger partial charge in [-0.3, -0.25) is 9.59 Å². The molecule has 1 N–H and O–H groups in total. The Balaban J connectivity index is 2.06. The largest absolute Gasteiger partial charge is 0.326 e. The number of nitrogens with one attached hydrogen (secondary N) is 1. The molecule has 0 aromatic heterocycles. The van der Waals surface area contributed by atoms with Crippen molar-refractivity contribution >= 4 is 29.0 Å². The molecule has 0 atom stereocenters. The van der Waals surface area contributed by atoms with Crippen molar-refractivity contribution < 1.29 is 14.0 Å². The van der Waals surface area contributed by atoms with Crippen LogP contribution in [-0.2, 0) is 11.2 Å². The molecular formula is C16H13ClFNO2. The number of amides is 1. The van der Waals surface area contributed by atoms with Gasteiger partial charge in [-0.1, -0.05) is 17.7 Å². The van der Waals surface area contributed by atoms with Crippen LogP contribution in [0.3, 0.4) is 0 Å². The second-order valence-electron chi connectivity index (χ2n) is 4.56. The normalized spacial score (nSPS) is 10.2. The number of ketones is 1. The van der Waals surface area contributed by atoms with Crippen molar-refractivity contribution in [3.05, 3.63) is 64.4 Å². The van der Waals surface area contributed by atoms with Gasteiger partial charge in [-0.05, 0) is 43.3 Å². The second kappa shape index (κ2) is 6.50. The van der Waals surface area contributed by atoms with E-state index in [2.05, 4.69) is 5.32 Å². The van der Waals surface area contributed by atoms with Crippen LogP contribution in [0.4, 0.5) is 10.1 Å². The van der Waals surface area contributed by atoms with Crippen molar-refractivity contribution in [2.75, 3.05) is 5.32 Å². The Hall–Kier alpha value is -2.20. The molecule has 0 aliphatic rings. The van der Waals surface area contributed by atoms with Crippen LogP contribution in [0, 0.1) is 5.82 Å². The summed E-state index contributed by atoms with van der Waals surface area (Å²) in [6.45, 7) is 1.47. The summed E-state index contributed by atoms with van der Waals surface area (Å²) in [4.78, 5) is 23.1. The quantitative estimate of drug-likeness (QED) is 0.872. The van der Waals surface area contributed by atoms with E-state index in [0.29, 0.717) is 11.3 Å². The highest BCUT2D eigenvalue weighted by atomic mass is 35.5. The summed E-state index contributed by atoms with van der Waals surface area (Å²) in [6, 6.07) is 10.8. The van der Waals surface area contributed by atoms with Crippen LogP contribution in [-0.4, -0.2) is 11.7 Å². The number of rotatable bonds is 4. The predicted molar refractivity (Wildman–Crippen MR) is 80.2 cm³/mol. The Morgan fingerprint density at radius 3 is 2.38 bits per heavy atom. The third kappa shape index (κ3) is 3.89. The molecule has 0 saturated carbocycles. The fourth-order valence-electron chi connectivity index (χ4n) is 1.86. The molecule has 0 spiro atoms. The van der Waals surface area contributed by atoms with Gasteiger partial charge in [0.25, 0.3) is 0 Å². The third-order valence-electron chi connectivity index (χ3n) is 2.97. The van der Waals surface area contributed by atoms with Gasteiger partial charge >= 0.3 is 0 Å². The first-order valence-corrected chi connectivity index (χ1v) is 6.69. The molecular weight excluding hydrogens is 293 g/mol. The van der Waals surface area contributed by atoms with Crippen LogP contribution in [0.2, 0.25) is 5.02 Å². The number of halogens is 2. The van der Waals surface area contributed by atoms with E-state index in [-0.39, 0.29) is 28.7 Å². The van der Waals surface area contributed by atoms with Gasteiger partial charge in [-0.25, -0.2) is 4.39 Å². The standard InChI is InChI=1S/C16H13ClFNO2/c1-10(20)11-5-7-12(8-6-11)19-16(21)9-13-14(17)3-2-4-15(13)18/h2-8H,9H2,1H3,(H,19,21). The average molecular weight is 306 g/mol. The van der Waals surface area contributed by atoms with E-state index in [0.717, 1.165) is 0 Å². The van der Waals surface area contributed by atoms with Crippen molar-refractivity contribution in [2.45, 2.75) is 13.3 Å². The van der Waals surface area contributed by atoms with Crippen LogP contribution in [0.1, 0.15) is 22.8 Å². The molecule has 0 fully saturated rings. The van der Waals surface area contributed by atoms with E-state index in [1.165, 1.54) is 25.1 Å². The highest BCUT2D eigenvalue weighted by Crippen LogP contribution is 2.20. The zero-order valence-corrected chi connectivity index (χ0v) is 12.1. The molecule has 0 aliphatic heterocycles. The molecule has 0 aliphatic carbocycles. The van der Waals surface area contributed by atoms with Crippen LogP contribution < -0.4 is 5.32 Å². The minimum atomic E-state index is -0.510. The van der Waals surface area contributed by atoms with E-state index in [1.807, 2.05) is 0 Å². The molecule has 21 heavy (non-hydrogen) atoms. The minimum absolute atomic E-state index is 0.0500. The summed E-state index contributed by atoms with van der Waals surface area (Å²) in [5, 5.41) is 2.85. The van der Waals surface area contributed by atoms with Gasteiger partial charge in [0, 0.05) is 21.8 Å². The summed E-state index contributed by atoms with van der Waals surface area (Å²) in [6.07, 6.45) is -0.153. The lowest BCUT2D eigenvalue weighted by molar-refractivity contribution is -0.115. The van der Waals surface area contributed by atoms with Crippen molar-refractivity contribution in [3.63, 3.8) is 0 Å². The molecule has 0 unspecified atom stereocenters. The molecule has 2 aromatic carbocycles. The zero-order chi connectivity index (χ0) is 15.4. The van der Waals surface area contributed by atoms with Gasteiger partial charge in [0.1, 0.15) is 5.82 Å². The maximum Gasteiger partial charge on any atom is 0.228 e. The monoisotopic (exact) mass is 305 g/mol. The van der Waals surface area contributed by atoms with E-state index in [9.17, 15) is 14.0 Å². The first-order chi connectivity index (χ1) is 9.97. The molecule has 5 heteroatoms. The number of carbonyl (C=O) groups excluding carboxylic acids is 2. The Bertz CT molecular complexity index is 663. The maximum atomic E-state index is 13.6. The van der Waals surface area contributed by atoms with E-state index >= 15 is 0 Å². The summed E-state index contributed by atoms with van der Waals surface area (Å²) in [7, 11) is 0. The van der Waals surface area contributed by atoms with Crippen LogP contribution in [0.15, 0.2) is 42.5 Å². The Morgan fingerprint density at radius 1 is 1.14 bits per heavy atom. The molecule has 2 aromatic rings. The lowest BCUT2D eigenvalue weighted by atomic mass is 10.1. The van der Waals surface area contributed by atoms with Crippen LogP contribution in [0.25, 0.3) is 0 Å². The number of hydrogen-bond acceptors (Lipinski definition) is 2. The van der Waals surface area contributed by atoms with Gasteiger partial charge in [0.05, 0.1) is 6.42 Å². The van der Waals surface area contributed by atoms with E-state index in [1.54, 1.807) is 24.3 Å². The van der Waals surface area contributed by atoms with Crippen LogP contribution >= 0.6 is 11.6 Å². The first kappa shape index (κ1) is 15.2. The predicted octanol–water partition coefficient (Wildman–Crippen LogP) is 3.86. The van der Waals surface area contributed by atoms with Crippen LogP contribution in [0.5, 0.6) is 0 Å². The van der Waals surface area contributed by atoms with Gasteiger partial charge in [0.2, 0.25) is 5.91 Å². The molecule has 0 radical (unpaired) electrons. The second-order valence-corrected chi connectivity index (χ2v) is 4.97. The Morgan fingerprint density at radius 2 is 1.81 bits per heavy atom. The third-order valence-corrected chi connectivity index (χ3v) is 3.33. The fraction of sp³-hybridized carbons (Fsp3) is 0.125. The molecule has 0 bridgehead atoms. The lowest BCUT2D eigenvalue weighted by Crippen LogP contribution is -2.15. The van der Waals surface area contributed by atoms with Crippen molar-refractivity contribution in [3.8, 4) is 0 Å². The van der Waals surface area contributed by atoms with Gasteiger partial charge in [-0.2, -0.15) is 0 Å². The van der Waals surface area contributed by atoms with Crippen molar-refractivity contribution in [1.82, 2.24) is 0 Å². The highest BCUT2D eigenvalue weighted by Gasteiger charge is 2.12. The summed E-state index contributed by atoms with van der Waals surface area (Å²) < 4.78 is 13.6. The molecule has 3 nitrogen and oxygen atoms in total. The fourth-order valence-corrected chi connectivity index (χ4v) is 2.09. The minimum Gasteiger partial charge on any atom is -0.326 e. The lowest BCUT2D eigenvalue weighted by Gasteiger charge is -2.08. The van der Waals surface area contributed by atoms with E-state index < -0.39 is 5.82 Å². The number of benzene rings is 2. The maximum absolute atomic E-state index is 13.6. The smallest absolute Gasteiger partial charge is 0.228 e. The Kier molecular flexibility index (Phi) is 4.70. The SMILES string of the molecule is CC(=O)c1ccc(NC(=O)Cc2c(F)cccc2Cl)cc1. The van der Waals surface area contributed by atoms with E-state index in [4.69, 9.17) is 11.6 Å². The zero-order valence-electron chi connectivity index (χ0n) is 11.3. The number of hydrogen-bond donors (Lipinski definition) is 1. The summed E-state index contributed by atoms with van der Waals surface area (Å²) in [5.74, 6) is -0.937. The summed E-state index contributed by atoms with van der Waals surface area (Å²) in [5.41, 5.74) is 1.26.